The Balaban J connectivity index is 2.02. The molecule has 2 nitrogen and oxygen atoms in total. The molecule has 0 bridgehead atoms. The van der Waals surface area contributed by atoms with Crippen molar-refractivity contribution in [2.45, 2.75) is 71.0 Å². The number of hydrogen-bond acceptors (Lipinski definition) is 2. The molecule has 0 aromatic carbocycles. The van der Waals surface area contributed by atoms with Gasteiger partial charge in [-0.3, -0.25) is 0 Å². The Hall–Kier alpha value is -0.0800. The van der Waals surface area contributed by atoms with E-state index in [1.54, 1.807) is 0 Å². The van der Waals surface area contributed by atoms with Gasteiger partial charge in [-0.25, -0.2) is 0 Å². The van der Waals surface area contributed by atoms with E-state index in [0.717, 1.165) is 19.0 Å². The highest BCUT2D eigenvalue weighted by Gasteiger charge is 2.45. The molecule has 1 atom stereocenters. The second-order valence-electron chi connectivity index (χ2n) is 6.71. The molecule has 0 amide bonds. The first-order valence-electron chi connectivity index (χ1n) is 7.40. The molecule has 0 aromatic heterocycles. The molecule has 2 heteroatoms. The summed E-state index contributed by atoms with van der Waals surface area (Å²) < 4.78 is 6.59. The van der Waals surface area contributed by atoms with Crippen molar-refractivity contribution in [1.29, 1.82) is 0 Å². The first-order chi connectivity index (χ1) is 8.00. The van der Waals surface area contributed by atoms with E-state index < -0.39 is 0 Å². The maximum Gasteiger partial charge on any atom is 0.0814 e. The molecule has 1 saturated heterocycles. The van der Waals surface area contributed by atoms with Crippen molar-refractivity contribution in [3.8, 4) is 0 Å². The van der Waals surface area contributed by atoms with Crippen molar-refractivity contribution in [3.63, 3.8) is 0 Å². The standard InChI is InChI=1S/C15H29NO/c1-5-13-6-8-15(9-7-13)11-16-10-14(4,17-15)12(2)3/h12-13,16H,5-11H2,1-4H3. The molecule has 0 aromatic rings. The monoisotopic (exact) mass is 239 g/mol. The third-order valence-corrected chi connectivity index (χ3v) is 5.19. The van der Waals surface area contributed by atoms with Gasteiger partial charge in [0, 0.05) is 13.1 Å². The summed E-state index contributed by atoms with van der Waals surface area (Å²) in [6, 6.07) is 0. The molecule has 1 aliphatic carbocycles. The fraction of sp³-hybridized carbons (Fsp3) is 1.00. The van der Waals surface area contributed by atoms with E-state index in [4.69, 9.17) is 4.74 Å². The summed E-state index contributed by atoms with van der Waals surface area (Å²) in [6.07, 6.45) is 6.55. The van der Waals surface area contributed by atoms with E-state index in [9.17, 15) is 0 Å². The Morgan fingerprint density at radius 2 is 1.88 bits per heavy atom. The van der Waals surface area contributed by atoms with E-state index >= 15 is 0 Å². The highest BCUT2D eigenvalue weighted by Crippen LogP contribution is 2.41. The van der Waals surface area contributed by atoms with Crippen LogP contribution in [0.2, 0.25) is 0 Å². The van der Waals surface area contributed by atoms with Crippen molar-refractivity contribution in [2.75, 3.05) is 13.1 Å². The van der Waals surface area contributed by atoms with E-state index in [-0.39, 0.29) is 11.2 Å². The maximum absolute atomic E-state index is 6.59. The predicted octanol–water partition coefficient (Wildman–Crippen LogP) is 3.36. The highest BCUT2D eigenvalue weighted by atomic mass is 16.5. The summed E-state index contributed by atoms with van der Waals surface area (Å²) in [6.45, 7) is 11.2. The topological polar surface area (TPSA) is 21.3 Å². The molecule has 100 valence electrons. The fourth-order valence-electron chi connectivity index (χ4n) is 3.32. The van der Waals surface area contributed by atoms with Gasteiger partial charge in [-0.15, -0.1) is 0 Å². The van der Waals surface area contributed by atoms with Crippen LogP contribution >= 0.6 is 0 Å². The van der Waals surface area contributed by atoms with Gasteiger partial charge in [0.1, 0.15) is 0 Å². The summed E-state index contributed by atoms with van der Waals surface area (Å²) in [4.78, 5) is 0. The quantitative estimate of drug-likeness (QED) is 0.798. The second kappa shape index (κ2) is 4.89. The first kappa shape index (κ1) is 13.4. The molecule has 17 heavy (non-hydrogen) atoms. The largest absolute Gasteiger partial charge is 0.366 e. The van der Waals surface area contributed by atoms with Gasteiger partial charge < -0.3 is 10.1 Å². The van der Waals surface area contributed by atoms with Crippen LogP contribution in [0, 0.1) is 11.8 Å². The van der Waals surface area contributed by atoms with Gasteiger partial charge in [-0.2, -0.15) is 0 Å². The molecule has 2 aliphatic rings. The Labute approximate surface area is 107 Å². The summed E-state index contributed by atoms with van der Waals surface area (Å²) in [5.41, 5.74) is 0.167. The summed E-state index contributed by atoms with van der Waals surface area (Å²) >= 11 is 0. The second-order valence-corrected chi connectivity index (χ2v) is 6.71. The molecule has 1 saturated carbocycles. The molecular formula is C15H29NO. The smallest absolute Gasteiger partial charge is 0.0814 e. The summed E-state index contributed by atoms with van der Waals surface area (Å²) in [5.74, 6) is 1.52. The minimum absolute atomic E-state index is 0.0251. The van der Waals surface area contributed by atoms with Crippen LogP contribution in [0.3, 0.4) is 0 Å². The van der Waals surface area contributed by atoms with Crippen LogP contribution in [0.15, 0.2) is 0 Å². The first-order valence-corrected chi connectivity index (χ1v) is 7.40. The summed E-state index contributed by atoms with van der Waals surface area (Å²) in [5, 5.41) is 3.63. The van der Waals surface area contributed by atoms with Crippen LogP contribution in [0.25, 0.3) is 0 Å². The Kier molecular flexibility index (Phi) is 3.84. The van der Waals surface area contributed by atoms with E-state index in [2.05, 4.69) is 33.0 Å². The van der Waals surface area contributed by atoms with Crippen molar-refractivity contribution in [1.82, 2.24) is 5.32 Å². The number of nitrogens with one attached hydrogen (secondary N) is 1. The van der Waals surface area contributed by atoms with Gasteiger partial charge >= 0.3 is 0 Å². The molecule has 1 heterocycles. The maximum atomic E-state index is 6.59. The zero-order valence-electron chi connectivity index (χ0n) is 12.0. The lowest BCUT2D eigenvalue weighted by Crippen LogP contribution is -2.62. The van der Waals surface area contributed by atoms with Gasteiger partial charge in [-0.1, -0.05) is 27.2 Å². The number of hydrogen-bond donors (Lipinski definition) is 1. The van der Waals surface area contributed by atoms with Crippen LogP contribution in [0.4, 0.5) is 0 Å². The van der Waals surface area contributed by atoms with Crippen LogP contribution in [-0.4, -0.2) is 24.3 Å². The molecule has 0 radical (unpaired) electrons. The van der Waals surface area contributed by atoms with Crippen molar-refractivity contribution < 1.29 is 4.74 Å². The molecule has 2 rings (SSSR count). The van der Waals surface area contributed by atoms with Gasteiger partial charge in [0.15, 0.2) is 0 Å². The van der Waals surface area contributed by atoms with Gasteiger partial charge in [0.2, 0.25) is 0 Å². The Bertz CT molecular complexity index is 256. The van der Waals surface area contributed by atoms with Crippen LogP contribution in [-0.2, 0) is 4.74 Å². The minimum atomic E-state index is 0.0251. The van der Waals surface area contributed by atoms with Crippen molar-refractivity contribution in [2.24, 2.45) is 11.8 Å². The van der Waals surface area contributed by atoms with Crippen molar-refractivity contribution in [3.05, 3.63) is 0 Å². The fourth-order valence-corrected chi connectivity index (χ4v) is 3.32. The number of rotatable bonds is 2. The zero-order chi connectivity index (χ0) is 12.5. The summed E-state index contributed by atoms with van der Waals surface area (Å²) in [7, 11) is 0. The SMILES string of the molecule is CCC1CCC2(CC1)CNCC(C)(C(C)C)O2. The molecule has 1 aliphatic heterocycles. The van der Waals surface area contributed by atoms with E-state index in [0.29, 0.717) is 5.92 Å². The zero-order valence-corrected chi connectivity index (χ0v) is 12.0. The molecule has 1 unspecified atom stereocenters. The van der Waals surface area contributed by atoms with Gasteiger partial charge in [0.25, 0.3) is 0 Å². The third-order valence-electron chi connectivity index (χ3n) is 5.19. The van der Waals surface area contributed by atoms with E-state index in [1.165, 1.54) is 32.1 Å². The van der Waals surface area contributed by atoms with Crippen LogP contribution in [0.1, 0.15) is 59.8 Å². The molecule has 1 N–H and O–H groups in total. The van der Waals surface area contributed by atoms with Crippen molar-refractivity contribution >= 4 is 0 Å². The van der Waals surface area contributed by atoms with Crippen LogP contribution < -0.4 is 5.32 Å². The predicted molar refractivity (Wildman–Crippen MR) is 72.2 cm³/mol. The van der Waals surface area contributed by atoms with E-state index in [1.807, 2.05) is 0 Å². The molecular weight excluding hydrogens is 210 g/mol. The van der Waals surface area contributed by atoms with Crippen LogP contribution in [0.5, 0.6) is 0 Å². The van der Waals surface area contributed by atoms with Gasteiger partial charge in [-0.05, 0) is 44.4 Å². The molecule has 2 fully saturated rings. The normalized spacial score (nSPS) is 43.2. The highest BCUT2D eigenvalue weighted by molar-refractivity contribution is 4.98. The third kappa shape index (κ3) is 2.68. The number of morpholine rings is 1. The lowest BCUT2D eigenvalue weighted by Gasteiger charge is -2.51. The Morgan fingerprint density at radius 1 is 1.24 bits per heavy atom. The minimum Gasteiger partial charge on any atom is -0.366 e. The average Bonchev–Trinajstić information content (AvgIpc) is 2.30. The average molecular weight is 239 g/mol. The lowest BCUT2D eigenvalue weighted by molar-refractivity contribution is -0.203. The Morgan fingerprint density at radius 3 is 2.41 bits per heavy atom. The number of ether oxygens (including phenoxy) is 1. The lowest BCUT2D eigenvalue weighted by atomic mass is 9.75. The van der Waals surface area contributed by atoms with Gasteiger partial charge in [0.05, 0.1) is 11.2 Å². The molecule has 1 spiro atoms.